The summed E-state index contributed by atoms with van der Waals surface area (Å²) in [6.45, 7) is 27.5. The van der Waals surface area contributed by atoms with Gasteiger partial charge in [-0.15, -0.1) is 68.0 Å². The zero-order valence-corrected chi connectivity index (χ0v) is 76.8. The molecule has 13 aromatic rings. The predicted molar refractivity (Wildman–Crippen MR) is 503 cm³/mol. The minimum atomic E-state index is -0.105. The van der Waals surface area contributed by atoms with Crippen molar-refractivity contribution in [1.29, 1.82) is 0 Å². The van der Waals surface area contributed by atoms with Crippen molar-refractivity contribution in [3.05, 3.63) is 240 Å². The van der Waals surface area contributed by atoms with Crippen LogP contribution in [-0.4, -0.2) is 159 Å². The van der Waals surface area contributed by atoms with Crippen LogP contribution < -0.4 is 29.7 Å². The summed E-state index contributed by atoms with van der Waals surface area (Å²) >= 11 is 9.60. The van der Waals surface area contributed by atoms with E-state index >= 15 is 0 Å². The first-order valence-electron chi connectivity index (χ1n) is 41.6. The highest BCUT2D eigenvalue weighted by Gasteiger charge is 2.23. The molecule has 17 rings (SSSR count). The molecule has 2 N–H and O–H groups in total. The Hall–Kier alpha value is -12.4. The van der Waals surface area contributed by atoms with Crippen molar-refractivity contribution in [1.82, 2.24) is 89.7 Å². The molecule has 12 aromatic heterocycles. The number of aromatic nitrogens is 18. The molecular weight excluding hydrogens is 1680 g/mol. The Labute approximate surface area is 756 Å². The average molecular weight is 1780 g/mol. The normalized spacial score (nSPS) is 14.8. The summed E-state index contributed by atoms with van der Waals surface area (Å²) in [6, 6.07) is 11.2. The molecule has 0 spiro atoms. The quantitative estimate of drug-likeness (QED) is 0.114. The number of thiazole rings is 6. The molecule has 4 saturated heterocycles. The van der Waals surface area contributed by atoms with Gasteiger partial charge in [0.2, 0.25) is 29.7 Å². The van der Waals surface area contributed by atoms with Gasteiger partial charge in [0.15, 0.2) is 0 Å². The molecule has 0 aliphatic carbocycles. The average Bonchev–Trinajstić information content (AvgIpc) is 1.48. The minimum Gasteiger partial charge on any atom is -0.456 e. The fourth-order valence-corrected chi connectivity index (χ4v) is 16.0. The molecule has 16 heterocycles. The summed E-state index contributed by atoms with van der Waals surface area (Å²) < 4.78 is 5.74. The van der Waals surface area contributed by atoms with Gasteiger partial charge in [0.25, 0.3) is 0 Å². The van der Waals surface area contributed by atoms with E-state index in [1.807, 2.05) is 111 Å². The molecule has 4 aliphatic rings. The Morgan fingerprint density at radius 2 is 0.704 bits per heavy atom. The van der Waals surface area contributed by atoms with Crippen LogP contribution in [0.3, 0.4) is 0 Å². The van der Waals surface area contributed by atoms with Gasteiger partial charge in [-0.25, -0.2) is 89.7 Å². The van der Waals surface area contributed by atoms with E-state index in [2.05, 4.69) is 206 Å². The maximum Gasteiger partial charge on any atom is 0.316 e. The first-order chi connectivity index (χ1) is 61.0. The van der Waals surface area contributed by atoms with Crippen molar-refractivity contribution in [2.45, 2.75) is 164 Å². The zero-order valence-electron chi connectivity index (χ0n) is 71.9. The third-order valence-corrected chi connectivity index (χ3v) is 24.1. The summed E-state index contributed by atoms with van der Waals surface area (Å²) in [7, 11) is 0. The van der Waals surface area contributed by atoms with E-state index in [0.717, 1.165) is 186 Å². The monoisotopic (exact) mass is 1770 g/mol. The molecule has 125 heavy (non-hydrogen) atoms. The van der Waals surface area contributed by atoms with Crippen LogP contribution in [0.5, 0.6) is 6.01 Å². The molecule has 4 atom stereocenters. The SMILES string of the molecule is CCC(C)Nc1ncc(C#Cc2csc(C)n2)cn1.Cc1nc(C#Cc2cnc(N3CCCC(CO)C3)nc2)cs1.Cc1nc(C#Cc2cnc(N3CCCC3)nc2)cs1.Cc1nc(C#Cc2cnc(N3CCCCC3C)nc2)cs1.Cc1nc(C#Cc2cnc(N3CCCCCC3)nc2)cs1.Cc1nc(C#Cc2cnc(O[C@@H](C)c3ccccc3)nc2)cs1. The molecule has 25 nitrogen and oxygen atoms in total. The molecule has 3 unspecified atom stereocenters. The number of ether oxygens (including phenoxy) is 1. The van der Waals surface area contributed by atoms with Gasteiger partial charge in [-0.2, -0.15) is 0 Å². The van der Waals surface area contributed by atoms with E-state index in [1.54, 1.807) is 142 Å². The lowest BCUT2D eigenvalue weighted by Gasteiger charge is -2.33. The standard InChI is InChI=1S/C18H15N3OS.C16H18N4OS.2C16H18N4S.C14H14N4S.C14H16N4S/c1-13(16-6-4-3-5-7-16)22-18-19-10-15(11-20-18)8-9-17-12-23-14(2)21-17;1-12-19-15(11-22-12)5-4-13-7-17-16(18-8-13)20-6-2-3-14(9-20)10-21;1-12-5-3-4-8-20(12)16-17-9-14(10-18-16)6-7-15-11-21-13(2)19-15;1-13-19-15(12-21-13)7-6-14-10-17-16(18-11-14)20-8-4-2-3-5-9-20;1-11-17-13(10-19-11)5-4-12-8-15-14(16-9-12)18-6-2-3-7-18;1-4-10(2)17-14-15-7-12(8-16-14)5-6-13-9-19-11(3)18-13/h3-7,10-13H,1-2H3;7-8,11,14,21H,2-3,6,9-10H2,1H3;9-12H,3-5,8H2,1-2H3;10-12H,2-5,8-9H2,1H3;8-10H,2-3,6-7H2,1H3;7-10H,4H2,1-3H3,(H,15,16,17)/t13-;;;;;/m0...../s1. The summed E-state index contributed by atoms with van der Waals surface area (Å²) in [5.74, 6) is 40.5. The highest BCUT2D eigenvalue weighted by molar-refractivity contribution is 7.11. The van der Waals surface area contributed by atoms with Crippen LogP contribution in [0.1, 0.15) is 214 Å². The van der Waals surface area contributed by atoms with Crippen LogP contribution in [0, 0.1) is 119 Å². The number of hydrogen-bond donors (Lipinski definition) is 2. The lowest BCUT2D eigenvalue weighted by molar-refractivity contribution is 0.207. The van der Waals surface area contributed by atoms with E-state index < -0.39 is 0 Å². The smallest absolute Gasteiger partial charge is 0.316 e. The fourth-order valence-electron chi connectivity index (χ4n) is 12.7. The molecule has 638 valence electrons. The number of piperidine rings is 2. The molecule has 0 amide bonds. The Bertz CT molecular complexity index is 5910. The second-order valence-electron chi connectivity index (χ2n) is 29.5. The van der Waals surface area contributed by atoms with Gasteiger partial charge in [0, 0.05) is 171 Å². The predicted octanol–water partition coefficient (Wildman–Crippen LogP) is 16.8. The van der Waals surface area contributed by atoms with E-state index in [0.29, 0.717) is 35.9 Å². The minimum absolute atomic E-state index is 0.105. The first-order valence-corrected chi connectivity index (χ1v) is 46.9. The number of anilines is 5. The van der Waals surface area contributed by atoms with Gasteiger partial charge in [-0.1, -0.05) is 85.6 Å². The summed E-state index contributed by atoms with van der Waals surface area (Å²) in [5.41, 5.74) is 10.7. The van der Waals surface area contributed by atoms with Crippen molar-refractivity contribution in [2.24, 2.45) is 5.92 Å². The highest BCUT2D eigenvalue weighted by Crippen LogP contribution is 2.25. The number of nitrogens with zero attached hydrogens (tertiary/aromatic N) is 22. The molecule has 0 radical (unpaired) electrons. The Morgan fingerprint density at radius 3 is 1.04 bits per heavy atom. The van der Waals surface area contributed by atoms with Gasteiger partial charge in [0.1, 0.15) is 40.3 Å². The number of aliphatic hydroxyl groups excluding tert-OH is 1. The maximum absolute atomic E-state index is 9.29. The van der Waals surface area contributed by atoms with Crippen LogP contribution in [0.25, 0.3) is 0 Å². The van der Waals surface area contributed by atoms with Crippen LogP contribution in [0.15, 0.2) is 137 Å². The topological polar surface area (TPSA) is 286 Å². The van der Waals surface area contributed by atoms with Crippen molar-refractivity contribution in [3.8, 4) is 77.1 Å². The third kappa shape index (κ3) is 30.8. The van der Waals surface area contributed by atoms with E-state index in [-0.39, 0.29) is 12.7 Å². The molecule has 0 bridgehead atoms. The Kier molecular flexibility index (Phi) is 35.7. The first kappa shape index (κ1) is 91.8. The second-order valence-corrected chi connectivity index (χ2v) is 35.9. The second kappa shape index (κ2) is 48.6. The largest absolute Gasteiger partial charge is 0.456 e. The van der Waals surface area contributed by atoms with Crippen LogP contribution in [-0.2, 0) is 0 Å². The van der Waals surface area contributed by atoms with E-state index in [1.165, 1.54) is 57.8 Å². The van der Waals surface area contributed by atoms with Crippen molar-refractivity contribution in [2.75, 3.05) is 77.3 Å². The van der Waals surface area contributed by atoms with Crippen molar-refractivity contribution < 1.29 is 9.84 Å². The maximum atomic E-state index is 9.29. The van der Waals surface area contributed by atoms with Crippen LogP contribution in [0.2, 0.25) is 0 Å². The van der Waals surface area contributed by atoms with E-state index in [4.69, 9.17) is 4.74 Å². The summed E-state index contributed by atoms with van der Waals surface area (Å²) in [6.07, 6.45) is 35.4. The lowest BCUT2D eigenvalue weighted by atomic mass is 9.99. The fraction of sp³-hybridized carbons (Fsp3) is 0.362. The number of nitrogens with one attached hydrogen (secondary N) is 1. The molecule has 0 saturated carbocycles. The number of benzene rings is 1. The number of hydrogen-bond acceptors (Lipinski definition) is 31. The number of rotatable bonds is 11. The van der Waals surface area contributed by atoms with Crippen molar-refractivity contribution in [3.63, 3.8) is 0 Å². The third-order valence-electron chi connectivity index (χ3n) is 19.5. The molecular formula is C94H99N23O2S6. The van der Waals surface area contributed by atoms with Crippen molar-refractivity contribution >= 4 is 97.8 Å². The zero-order chi connectivity index (χ0) is 87.3. The molecule has 4 aliphatic heterocycles. The van der Waals surface area contributed by atoms with Gasteiger partial charge in [-0.3, -0.25) is 0 Å². The number of aryl methyl sites for hydroxylation is 6. The highest BCUT2D eigenvalue weighted by atomic mass is 32.1. The Balaban J connectivity index is 0.000000137. The summed E-state index contributed by atoms with van der Waals surface area (Å²) in [5, 5.41) is 30.4. The van der Waals surface area contributed by atoms with E-state index in [9.17, 15) is 5.11 Å². The van der Waals surface area contributed by atoms with Gasteiger partial charge in [-0.05, 0) is 174 Å². The van der Waals surface area contributed by atoms with Gasteiger partial charge >= 0.3 is 6.01 Å². The Morgan fingerprint density at radius 1 is 0.384 bits per heavy atom. The molecule has 31 heteroatoms. The van der Waals surface area contributed by atoms with Crippen LogP contribution in [0.4, 0.5) is 29.7 Å². The molecule has 4 fully saturated rings. The lowest BCUT2D eigenvalue weighted by Crippen LogP contribution is -2.38. The van der Waals surface area contributed by atoms with Gasteiger partial charge in [0.05, 0.1) is 63.4 Å². The molecule has 1 aromatic carbocycles. The van der Waals surface area contributed by atoms with Crippen LogP contribution >= 0.6 is 68.0 Å². The van der Waals surface area contributed by atoms with Gasteiger partial charge < -0.3 is 34.8 Å². The number of aliphatic hydroxyl groups is 1. The summed E-state index contributed by atoms with van der Waals surface area (Å²) in [4.78, 5) is 87.0.